The van der Waals surface area contributed by atoms with Gasteiger partial charge in [0.25, 0.3) is 11.8 Å². The van der Waals surface area contributed by atoms with E-state index in [1.807, 2.05) is 24.3 Å². The van der Waals surface area contributed by atoms with Gasteiger partial charge in [0.15, 0.2) is 11.7 Å². The van der Waals surface area contributed by atoms with E-state index >= 15 is 0 Å². The third kappa shape index (κ3) is 5.49. The van der Waals surface area contributed by atoms with Crippen LogP contribution >= 0.6 is 58.4 Å². The van der Waals surface area contributed by atoms with Crippen molar-refractivity contribution < 1.29 is 14.3 Å². The summed E-state index contributed by atoms with van der Waals surface area (Å²) in [7, 11) is 0. The highest BCUT2D eigenvalue weighted by Crippen LogP contribution is 2.34. The fourth-order valence-corrected chi connectivity index (χ4v) is 4.27. The van der Waals surface area contributed by atoms with Gasteiger partial charge in [-0.05, 0) is 36.5 Å². The molecule has 0 saturated carbocycles. The van der Waals surface area contributed by atoms with Gasteiger partial charge in [0.05, 0.1) is 10.0 Å². The number of ether oxygens (including phenoxy) is 1. The molecule has 0 aliphatic carbocycles. The molecule has 2 aromatic carbocycles. The van der Waals surface area contributed by atoms with Crippen LogP contribution in [0.2, 0.25) is 15.1 Å². The van der Waals surface area contributed by atoms with E-state index in [2.05, 4.69) is 16.2 Å². The quantitative estimate of drug-likeness (QED) is 0.370. The van der Waals surface area contributed by atoms with Gasteiger partial charge in [-0.25, -0.2) is 0 Å². The maximum atomic E-state index is 12.4. The normalized spacial score (nSPS) is 10.4. The number of rotatable bonds is 4. The topological polar surface area (TPSA) is 79.5 Å². The molecule has 1 aromatic heterocycles. The second kappa shape index (κ2) is 9.60. The maximum absolute atomic E-state index is 12.4. The minimum atomic E-state index is -0.535. The number of benzene rings is 2. The average Bonchev–Trinajstić information content (AvgIpc) is 3.03. The number of hydrogen-bond donors (Lipinski definition) is 3. The molecular weight excluding hydrogens is 477 g/mol. The summed E-state index contributed by atoms with van der Waals surface area (Å²) >= 11 is 24.3. The molecule has 0 radical (unpaired) electrons. The Morgan fingerprint density at radius 2 is 1.83 bits per heavy atom. The first-order chi connectivity index (χ1) is 13.8. The highest BCUT2D eigenvalue weighted by molar-refractivity contribution is 7.80. The van der Waals surface area contributed by atoms with Gasteiger partial charge in [0, 0.05) is 15.1 Å². The zero-order valence-corrected chi connectivity index (χ0v) is 18.3. The van der Waals surface area contributed by atoms with E-state index < -0.39 is 11.8 Å². The van der Waals surface area contributed by atoms with E-state index in [0.29, 0.717) is 20.7 Å². The molecule has 29 heavy (non-hydrogen) atoms. The summed E-state index contributed by atoms with van der Waals surface area (Å²) in [5.74, 6) is -0.707. The number of carbonyl (C=O) groups excluding carboxylic acids is 2. The van der Waals surface area contributed by atoms with Crippen LogP contribution in [0.15, 0.2) is 42.5 Å². The first-order valence-corrected chi connectivity index (χ1v) is 10.4. The lowest BCUT2D eigenvalue weighted by atomic mass is 10.2. The van der Waals surface area contributed by atoms with Gasteiger partial charge < -0.3 is 4.74 Å². The van der Waals surface area contributed by atoms with Crippen molar-refractivity contribution in [2.24, 2.45) is 0 Å². The third-order valence-corrected chi connectivity index (χ3v) is 5.95. The van der Waals surface area contributed by atoms with Crippen LogP contribution < -0.4 is 20.9 Å². The van der Waals surface area contributed by atoms with E-state index in [1.165, 1.54) is 17.4 Å². The van der Waals surface area contributed by atoms with Crippen molar-refractivity contribution in [1.82, 2.24) is 16.2 Å². The Hall–Kier alpha value is -2.10. The summed E-state index contributed by atoms with van der Waals surface area (Å²) in [5, 5.41) is 4.23. The molecule has 0 bridgehead atoms. The molecular formula is C18H12Cl3N3O3S2. The average molecular weight is 489 g/mol. The molecule has 0 atom stereocenters. The second-order valence-electron chi connectivity index (χ2n) is 5.56. The molecule has 3 rings (SSSR count). The zero-order chi connectivity index (χ0) is 21.0. The highest BCUT2D eigenvalue weighted by Gasteiger charge is 2.18. The minimum absolute atomic E-state index is 0.0959. The zero-order valence-electron chi connectivity index (χ0n) is 14.4. The van der Waals surface area contributed by atoms with E-state index in [4.69, 9.17) is 51.8 Å². The van der Waals surface area contributed by atoms with Crippen LogP contribution in [-0.2, 0) is 4.79 Å². The number of halogens is 3. The lowest BCUT2D eigenvalue weighted by Gasteiger charge is -2.11. The Labute approximate surface area is 190 Å². The van der Waals surface area contributed by atoms with Gasteiger partial charge in [0.1, 0.15) is 10.6 Å². The molecule has 0 fully saturated rings. The molecule has 3 aromatic rings. The van der Waals surface area contributed by atoms with Crippen molar-refractivity contribution in [3.63, 3.8) is 0 Å². The molecule has 0 spiro atoms. The molecule has 150 valence electrons. The predicted octanol–water partition coefficient (Wildman–Crippen LogP) is 4.58. The van der Waals surface area contributed by atoms with E-state index in [1.54, 1.807) is 12.1 Å². The number of thiocarbonyl (C=S) groups is 1. The number of amides is 2. The molecule has 11 heteroatoms. The molecule has 2 amide bonds. The molecule has 0 aliphatic heterocycles. The summed E-state index contributed by atoms with van der Waals surface area (Å²) in [4.78, 5) is 24.6. The predicted molar refractivity (Wildman–Crippen MR) is 120 cm³/mol. The molecule has 0 aliphatic rings. The minimum Gasteiger partial charge on any atom is -0.482 e. The van der Waals surface area contributed by atoms with Crippen LogP contribution in [0.4, 0.5) is 0 Å². The summed E-state index contributed by atoms with van der Waals surface area (Å²) in [5.41, 5.74) is 4.74. The van der Waals surface area contributed by atoms with Crippen LogP contribution in [0.3, 0.4) is 0 Å². The van der Waals surface area contributed by atoms with Crippen molar-refractivity contribution in [3.05, 3.63) is 62.4 Å². The summed E-state index contributed by atoms with van der Waals surface area (Å²) in [6.07, 6.45) is 0. The number of carbonyl (C=O) groups is 2. The molecule has 0 unspecified atom stereocenters. The van der Waals surface area contributed by atoms with Crippen LogP contribution in [0.1, 0.15) is 9.67 Å². The van der Waals surface area contributed by atoms with Gasteiger partial charge in [-0.15, -0.1) is 11.3 Å². The van der Waals surface area contributed by atoms with Crippen LogP contribution in [0, 0.1) is 0 Å². The number of thiophene rings is 1. The van der Waals surface area contributed by atoms with Gasteiger partial charge in [-0.3, -0.25) is 25.8 Å². The maximum Gasteiger partial charge on any atom is 0.276 e. The fraction of sp³-hybridized carbons (Fsp3) is 0.0556. The first-order valence-electron chi connectivity index (χ1n) is 8.00. The van der Waals surface area contributed by atoms with Gasteiger partial charge in [-0.2, -0.15) is 0 Å². The van der Waals surface area contributed by atoms with Crippen LogP contribution in [-0.4, -0.2) is 23.5 Å². The Morgan fingerprint density at radius 1 is 1.07 bits per heavy atom. The summed E-state index contributed by atoms with van der Waals surface area (Å²) in [6, 6.07) is 12.0. The van der Waals surface area contributed by atoms with Crippen molar-refractivity contribution in [2.75, 3.05) is 6.61 Å². The van der Waals surface area contributed by atoms with Crippen molar-refractivity contribution in [2.45, 2.75) is 0 Å². The standard InChI is InChI=1S/C18H12Cl3N3O3S2/c19-9-5-6-12(11(20)7-9)27-8-14(25)23-24-18(28)22-17(26)16-15(21)10-3-1-2-4-13(10)29-16/h1-7H,8H2,(H,23,25)(H2,22,24,26,28). The van der Waals surface area contributed by atoms with E-state index in [0.717, 1.165) is 10.1 Å². The number of nitrogens with one attached hydrogen (secondary N) is 3. The van der Waals surface area contributed by atoms with Crippen LogP contribution in [0.25, 0.3) is 10.1 Å². The van der Waals surface area contributed by atoms with E-state index in [-0.39, 0.29) is 16.7 Å². The first kappa shape index (κ1) is 21.6. The molecule has 6 nitrogen and oxygen atoms in total. The van der Waals surface area contributed by atoms with Gasteiger partial charge >= 0.3 is 0 Å². The number of hydrogen-bond acceptors (Lipinski definition) is 5. The monoisotopic (exact) mass is 487 g/mol. The number of fused-ring (bicyclic) bond motifs is 1. The van der Waals surface area contributed by atoms with E-state index in [9.17, 15) is 9.59 Å². The Bertz CT molecular complexity index is 1100. The van der Waals surface area contributed by atoms with Crippen molar-refractivity contribution in [1.29, 1.82) is 0 Å². The largest absolute Gasteiger partial charge is 0.482 e. The molecule has 3 N–H and O–H groups in total. The fourth-order valence-electron chi connectivity index (χ4n) is 2.25. The lowest BCUT2D eigenvalue weighted by Crippen LogP contribution is -2.49. The SMILES string of the molecule is O=C(COc1ccc(Cl)cc1Cl)NNC(=S)NC(=O)c1sc2ccccc2c1Cl. The third-order valence-electron chi connectivity index (χ3n) is 3.54. The van der Waals surface area contributed by atoms with Crippen molar-refractivity contribution >= 4 is 85.4 Å². The highest BCUT2D eigenvalue weighted by atomic mass is 35.5. The van der Waals surface area contributed by atoms with Gasteiger partial charge in [-0.1, -0.05) is 53.0 Å². The molecule has 1 heterocycles. The van der Waals surface area contributed by atoms with Gasteiger partial charge in [0.2, 0.25) is 0 Å². The van der Waals surface area contributed by atoms with Crippen molar-refractivity contribution in [3.8, 4) is 5.75 Å². The van der Waals surface area contributed by atoms with Crippen LogP contribution in [0.5, 0.6) is 5.75 Å². The Kier molecular flexibility index (Phi) is 7.15. The lowest BCUT2D eigenvalue weighted by molar-refractivity contribution is -0.123. The molecule has 0 saturated heterocycles. The Morgan fingerprint density at radius 3 is 2.55 bits per heavy atom. The Balaban J connectivity index is 1.49. The second-order valence-corrected chi connectivity index (χ2v) is 8.24. The summed E-state index contributed by atoms with van der Waals surface area (Å²) in [6.45, 7) is -0.326. The summed E-state index contributed by atoms with van der Waals surface area (Å²) < 4.78 is 6.18. The number of hydrazine groups is 1. The smallest absolute Gasteiger partial charge is 0.276 e.